The zero-order valence-electron chi connectivity index (χ0n) is 45.9. The quantitative estimate of drug-likeness (QED) is 0.0571. The van der Waals surface area contributed by atoms with Crippen LogP contribution < -0.4 is 40.9 Å². The first-order valence-electron chi connectivity index (χ1n) is 27.6. The van der Waals surface area contributed by atoms with Crippen LogP contribution in [0.4, 0.5) is 9.59 Å². The average molecular weight is 1110 g/mol. The summed E-state index contributed by atoms with van der Waals surface area (Å²) in [5.41, 5.74) is 7.44. The Bertz CT molecular complexity index is 3450. The van der Waals surface area contributed by atoms with Gasteiger partial charge in [0, 0.05) is 80.4 Å². The number of fused-ring (bicyclic) bond motifs is 4. The van der Waals surface area contributed by atoms with Gasteiger partial charge in [0.25, 0.3) is 0 Å². The van der Waals surface area contributed by atoms with Gasteiger partial charge in [-0.15, -0.1) is 11.6 Å². The molecule has 0 spiro atoms. The maximum absolute atomic E-state index is 13.9. The van der Waals surface area contributed by atoms with E-state index in [-0.39, 0.29) is 92.9 Å². The number of aryl methyl sites for hydroxylation is 2. The Morgan fingerprint density at radius 3 is 1.73 bits per heavy atom. The van der Waals surface area contributed by atoms with E-state index in [9.17, 15) is 24.3 Å². The fourth-order valence-electron chi connectivity index (χ4n) is 10.8. The van der Waals surface area contributed by atoms with Gasteiger partial charge in [0.1, 0.15) is 12.2 Å². The van der Waals surface area contributed by atoms with Crippen LogP contribution in [0, 0.1) is 0 Å². The number of halogens is 1. The van der Waals surface area contributed by atoms with Crippen LogP contribution in [-0.2, 0) is 34.7 Å². The van der Waals surface area contributed by atoms with E-state index in [4.69, 9.17) is 26.1 Å². The Kier molecular flexibility index (Phi) is 20.8. The molecule has 19 heteroatoms. The number of aromatic amines is 1. The third-order valence-electron chi connectivity index (χ3n) is 15.3. The van der Waals surface area contributed by atoms with Gasteiger partial charge in [-0.1, -0.05) is 75.7 Å². The number of alkyl halides is 1. The zero-order valence-corrected chi connectivity index (χ0v) is 47.7. The number of imidazole rings is 2. The van der Waals surface area contributed by atoms with Crippen LogP contribution in [0.1, 0.15) is 134 Å². The fraction of sp³-hybridized carbons (Fsp3) is 0.467. The van der Waals surface area contributed by atoms with Gasteiger partial charge in [0.2, 0.25) is 0 Å². The second kappa shape index (κ2) is 27.9. The molecule has 2 aliphatic heterocycles. The van der Waals surface area contributed by atoms with E-state index in [1.807, 2.05) is 41.2 Å². The van der Waals surface area contributed by atoms with Crippen molar-refractivity contribution in [3.05, 3.63) is 141 Å². The third-order valence-corrected chi connectivity index (χ3v) is 15.6. The number of aliphatic hydroxyl groups is 1. The fourth-order valence-corrected chi connectivity index (χ4v) is 11.1. The number of hydrogen-bond acceptors (Lipinski definition) is 11. The minimum absolute atomic E-state index is 0. The molecule has 8 aromatic rings. The largest absolute Gasteiger partial charge is 1.00 e. The molecule has 6 aromatic heterocycles. The van der Waals surface area contributed by atoms with Gasteiger partial charge in [0.05, 0.1) is 58.3 Å². The molecule has 0 radical (unpaired) electrons. The summed E-state index contributed by atoms with van der Waals surface area (Å²) in [5.74, 6) is 0.506. The number of amides is 2. The molecular formula is C60H74ClN10NaO7. The zero-order chi connectivity index (χ0) is 53.3. The van der Waals surface area contributed by atoms with Gasteiger partial charge in [-0.05, 0) is 118 Å². The normalized spacial score (nSPS) is 15.7. The van der Waals surface area contributed by atoms with Crippen LogP contribution in [0.25, 0.3) is 43.6 Å². The molecule has 8 heterocycles. The van der Waals surface area contributed by atoms with Crippen LogP contribution in [-0.4, -0.2) is 111 Å². The SMILES string of the molecule is C.CCCCCc1c(CCl)ncc2ccccc12.O=C(OC1CC1)N1CCC(n2c(=O)[nH]c3cnccc32)CC1.O=C(OC1CC1)N1CCC(n2c(=O)n(Cc3ncc4ccccc4c3CCCCO)c3cnccc32)CC1.[H-].[Na+]. The maximum Gasteiger partial charge on any atom is 1.00 e. The van der Waals surface area contributed by atoms with E-state index in [1.165, 1.54) is 35.6 Å². The van der Waals surface area contributed by atoms with Crippen LogP contribution in [0.3, 0.4) is 0 Å². The van der Waals surface area contributed by atoms with Gasteiger partial charge in [-0.25, -0.2) is 19.2 Å². The number of hydrogen-bond donors (Lipinski definition) is 2. The van der Waals surface area contributed by atoms with Gasteiger partial charge in [0.15, 0.2) is 0 Å². The number of carbonyl (C=O) groups is 2. The number of benzene rings is 2. The molecule has 12 rings (SSSR count). The van der Waals surface area contributed by atoms with E-state index in [0.717, 1.165) is 114 Å². The number of aromatic nitrogens is 8. The second-order valence-corrected chi connectivity index (χ2v) is 21.0. The van der Waals surface area contributed by atoms with E-state index >= 15 is 0 Å². The summed E-state index contributed by atoms with van der Waals surface area (Å²) >= 11 is 5.98. The summed E-state index contributed by atoms with van der Waals surface area (Å²) in [6.07, 6.45) is 24.4. The number of H-pyrrole nitrogens is 1. The number of ether oxygens (including phenoxy) is 2. The number of aliphatic hydroxyl groups excluding tert-OH is 1. The Morgan fingerprint density at radius 1 is 0.658 bits per heavy atom. The van der Waals surface area contributed by atoms with Crippen molar-refractivity contribution >= 4 is 67.4 Å². The number of rotatable bonds is 15. The molecule has 0 atom stereocenters. The van der Waals surface area contributed by atoms with Gasteiger partial charge in [-0.3, -0.25) is 33.6 Å². The van der Waals surface area contributed by atoms with Crippen LogP contribution in [0.2, 0.25) is 0 Å². The molecular weight excluding hydrogens is 1030 g/mol. The standard InChI is InChI=1S/C29H33N5O4.C15H18ClN.C15H18N4O3.CH4.Na.H/c35-16-4-3-7-24-23-6-2-1-5-20(23)17-31-25(24)19-33-27-18-30-13-10-26(27)34(28(33)36)21-11-14-32(15-12-21)29(37)38-22-8-9-22;1-2-3-4-9-14-13-8-6-5-7-12(13)11-17-15(14)10-16;20-14-17-12-9-16-6-3-13(12)19(14)10-4-7-18(8-5-10)15(21)22-11-1-2-11;;;/h1-2,5-6,10,13,17-18,21-22,35H,3-4,7-9,11-12,14-16,19H2;5-8,11H,2-4,9-10H2,1H3;3,6,9-11H,1-2,4-5,7-8H2,(H,17,20);1H4;;/q;;;;+1;-1. The van der Waals surface area contributed by atoms with Crippen molar-refractivity contribution in [3.63, 3.8) is 0 Å². The molecule has 2 aliphatic carbocycles. The monoisotopic (exact) mass is 1100 g/mol. The van der Waals surface area contributed by atoms with Gasteiger partial charge < -0.3 is 30.8 Å². The minimum atomic E-state index is -0.235. The van der Waals surface area contributed by atoms with E-state index < -0.39 is 0 Å². The molecule has 2 saturated carbocycles. The Labute approximate surface area is 489 Å². The molecule has 4 aliphatic rings. The van der Waals surface area contributed by atoms with Crippen LogP contribution in [0.5, 0.6) is 0 Å². The van der Waals surface area contributed by atoms with Gasteiger partial charge in [-0.2, -0.15) is 0 Å². The summed E-state index contributed by atoms with van der Waals surface area (Å²) in [6.45, 7) is 5.12. The van der Waals surface area contributed by atoms with Crippen molar-refractivity contribution in [2.45, 2.75) is 147 Å². The van der Waals surface area contributed by atoms with E-state index in [2.05, 4.69) is 63.3 Å². The summed E-state index contributed by atoms with van der Waals surface area (Å²) in [7, 11) is 0. The molecule has 2 amide bonds. The first kappa shape index (κ1) is 59.0. The van der Waals surface area contributed by atoms with Crippen molar-refractivity contribution in [1.29, 1.82) is 0 Å². The predicted octanol–water partition coefficient (Wildman–Crippen LogP) is 8.16. The molecule has 79 heavy (non-hydrogen) atoms. The molecule has 414 valence electrons. The van der Waals surface area contributed by atoms with Crippen LogP contribution >= 0.6 is 11.6 Å². The number of carbonyl (C=O) groups excluding carboxylic acids is 2. The molecule has 2 aromatic carbocycles. The summed E-state index contributed by atoms with van der Waals surface area (Å²) in [5, 5.41) is 14.1. The van der Waals surface area contributed by atoms with E-state index in [1.54, 1.807) is 43.7 Å². The van der Waals surface area contributed by atoms with Crippen molar-refractivity contribution in [2.75, 3.05) is 32.8 Å². The molecule has 0 bridgehead atoms. The number of piperidine rings is 2. The third kappa shape index (κ3) is 14.1. The maximum atomic E-state index is 13.9. The first-order valence-corrected chi connectivity index (χ1v) is 28.1. The van der Waals surface area contributed by atoms with Crippen molar-refractivity contribution in [2.24, 2.45) is 0 Å². The summed E-state index contributed by atoms with van der Waals surface area (Å²) in [4.78, 5) is 74.4. The number of pyridine rings is 4. The molecule has 2 saturated heterocycles. The van der Waals surface area contributed by atoms with Crippen LogP contribution in [0.15, 0.2) is 107 Å². The Balaban J connectivity index is 0.000000187. The number of nitrogens with zero attached hydrogens (tertiary/aromatic N) is 9. The topological polar surface area (TPSA) is 196 Å². The molecule has 17 nitrogen and oxygen atoms in total. The van der Waals surface area contributed by atoms with Crippen molar-refractivity contribution in [3.8, 4) is 0 Å². The number of unbranched alkanes of at least 4 members (excludes halogenated alkanes) is 3. The Hall–Kier alpha value is -6.11. The molecule has 0 unspecified atom stereocenters. The average Bonchev–Trinajstić information content (AvgIpc) is 4.44. The predicted molar refractivity (Wildman–Crippen MR) is 306 cm³/mol. The Morgan fingerprint density at radius 2 is 1.18 bits per heavy atom. The van der Waals surface area contributed by atoms with E-state index in [0.29, 0.717) is 51.4 Å². The number of nitrogens with one attached hydrogen (secondary N) is 1. The summed E-state index contributed by atoms with van der Waals surface area (Å²) in [6, 6.07) is 20.5. The molecule has 4 fully saturated rings. The molecule has 2 N–H and O–H groups in total. The minimum Gasteiger partial charge on any atom is -1.00 e. The summed E-state index contributed by atoms with van der Waals surface area (Å²) < 4.78 is 16.2. The van der Waals surface area contributed by atoms with Crippen molar-refractivity contribution < 1.29 is 55.2 Å². The number of likely N-dealkylation sites (tertiary alicyclic amines) is 2. The van der Waals surface area contributed by atoms with Crippen molar-refractivity contribution in [1.82, 2.24) is 48.4 Å². The smallest absolute Gasteiger partial charge is 1.00 e. The second-order valence-electron chi connectivity index (χ2n) is 20.7. The first-order chi connectivity index (χ1) is 37.7. The van der Waals surface area contributed by atoms with Gasteiger partial charge >= 0.3 is 53.1 Å².